The summed E-state index contributed by atoms with van der Waals surface area (Å²) in [5.41, 5.74) is 35.2. The Morgan fingerprint density at radius 2 is 0.678 bits per heavy atom. The highest BCUT2D eigenvalue weighted by Gasteiger charge is 2.92. The van der Waals surface area contributed by atoms with Crippen molar-refractivity contribution in [1.82, 2.24) is 34.0 Å². The summed E-state index contributed by atoms with van der Waals surface area (Å²) < 4.78 is 389. The number of alkyl halides is 26. The number of amides is 7. The molecule has 3 heterocycles. The number of ether oxygens (including phenoxy) is 1. The van der Waals surface area contributed by atoms with Crippen molar-refractivity contribution in [1.29, 1.82) is 0 Å². The average Bonchev–Trinajstić information content (AvgIpc) is 0.713. The van der Waals surface area contributed by atoms with E-state index in [4.69, 9.17) is 44.9 Å². The molecule has 0 atom stereocenters. The van der Waals surface area contributed by atoms with Crippen LogP contribution >= 0.6 is 0 Å². The molecule has 146 heavy (non-hydrogen) atoms. The molecule has 0 radical (unpaired) electrons. The number of benzene rings is 3. The first-order valence-corrected chi connectivity index (χ1v) is 48.3. The summed E-state index contributed by atoms with van der Waals surface area (Å²) in [5.74, 6) is -84.5. The van der Waals surface area contributed by atoms with Gasteiger partial charge in [0.2, 0.25) is 40.8 Å². The van der Waals surface area contributed by atoms with Gasteiger partial charge < -0.3 is 91.6 Å². The molecule has 3 aliphatic heterocycles. The summed E-state index contributed by atoms with van der Waals surface area (Å²) in [6.45, 7) is 1.51. The number of nitrogens with zero attached hydrogens (tertiary/aromatic N) is 8. The van der Waals surface area contributed by atoms with Gasteiger partial charge in [-0.25, -0.2) is 4.58 Å². The van der Waals surface area contributed by atoms with Crippen molar-refractivity contribution >= 4 is 63.8 Å². The van der Waals surface area contributed by atoms with Crippen LogP contribution < -0.4 is 77.3 Å². The smallest absolute Gasteiger partial charge is 0.460 e. The molecule has 7 amide bonds. The van der Waals surface area contributed by atoms with Gasteiger partial charge in [-0.2, -0.15) is 114 Å². The van der Waals surface area contributed by atoms with E-state index in [1.807, 2.05) is 0 Å². The Morgan fingerprint density at radius 3 is 1.03 bits per heavy atom. The number of rotatable bonds is 64. The van der Waals surface area contributed by atoms with Crippen molar-refractivity contribution in [2.24, 2.45) is 40.1 Å². The number of anilines is 1. The minimum atomic E-state index is -8.28. The molecule has 830 valence electrons. The highest BCUT2D eigenvalue weighted by atomic mass is 35.5. The van der Waals surface area contributed by atoms with Crippen LogP contribution in [0, 0.1) is 0 Å². The van der Waals surface area contributed by atoms with Crippen LogP contribution in [0.15, 0.2) is 60.7 Å². The van der Waals surface area contributed by atoms with E-state index in [1.54, 1.807) is 0 Å². The predicted octanol–water partition coefficient (Wildman–Crippen LogP) is 13.2. The SMILES string of the molecule is CC1=CC(C)(C)N(CCC(F)(F)C(F)(F)C(F)(F)C(F)(F)C(F)(F)C(F)(F)F)c2cc3c(cc21)C(c1ccccc1C(=O)N(CCCCCCN)CC(=O)N(CCCCCCN)CC(=O)N(CCCCCCN)CC(=O)N(CCCCCCN)CC(=O)N(CCCCCCN)CC(=O)N(CCCCCCN)CC(N)=O)=c1cc2c(cc1O3)=[N+](CCC(F)(F)C(F)(F)C(F)(F)C(F)(F)C(F)(F)C(F)(F)F)C(C)(C)C=C2C.[Cl-]. The molecular weight excluding hydrogens is 2020 g/mol. The van der Waals surface area contributed by atoms with Crippen LogP contribution in [0.4, 0.5) is 120 Å². The Morgan fingerprint density at radius 1 is 0.356 bits per heavy atom. The molecule has 0 fully saturated rings. The van der Waals surface area contributed by atoms with Gasteiger partial charge in [0.15, 0.2) is 5.54 Å². The number of carbonyl (C=O) groups is 7. The zero-order valence-corrected chi connectivity index (χ0v) is 83.1. The van der Waals surface area contributed by atoms with Crippen LogP contribution in [-0.2, 0) is 28.8 Å². The summed E-state index contributed by atoms with van der Waals surface area (Å²) >= 11 is 0. The molecule has 23 nitrogen and oxygen atoms in total. The van der Waals surface area contributed by atoms with E-state index in [0.29, 0.717) is 164 Å². The van der Waals surface area contributed by atoms with Gasteiger partial charge in [0, 0.05) is 111 Å². The second-order valence-corrected chi connectivity index (χ2v) is 38.0. The van der Waals surface area contributed by atoms with Crippen LogP contribution in [0.1, 0.15) is 241 Å². The van der Waals surface area contributed by atoms with Crippen molar-refractivity contribution in [3.8, 4) is 11.5 Å². The van der Waals surface area contributed by atoms with Crippen molar-refractivity contribution in [2.75, 3.05) is 136 Å². The highest BCUT2D eigenvalue weighted by Crippen LogP contribution is 2.63. The van der Waals surface area contributed by atoms with Gasteiger partial charge in [-0.1, -0.05) is 101 Å². The van der Waals surface area contributed by atoms with Crippen LogP contribution in [0.25, 0.3) is 16.7 Å². The van der Waals surface area contributed by atoms with E-state index in [2.05, 4.69) is 0 Å². The van der Waals surface area contributed by atoms with Crippen LogP contribution in [0.5, 0.6) is 11.5 Å². The lowest BCUT2D eigenvalue weighted by Gasteiger charge is -2.45. The van der Waals surface area contributed by atoms with E-state index < -0.39 is 212 Å². The van der Waals surface area contributed by atoms with Crippen LogP contribution in [0.3, 0.4) is 0 Å². The number of allylic oxidation sites excluding steroid dienone is 2. The van der Waals surface area contributed by atoms with Crippen LogP contribution in [0.2, 0.25) is 0 Å². The number of hydrogen-bond donors (Lipinski definition) is 7. The first-order chi connectivity index (χ1) is 67.2. The van der Waals surface area contributed by atoms with Gasteiger partial charge in [-0.3, -0.25) is 33.6 Å². The normalized spacial score (nSPS) is 14.8. The van der Waals surface area contributed by atoms with E-state index in [-0.39, 0.29) is 134 Å². The summed E-state index contributed by atoms with van der Waals surface area (Å²) in [5, 5.41) is -0.685. The average molecular weight is 2160 g/mol. The molecule has 0 aromatic heterocycles. The molecule has 0 saturated carbocycles. The van der Waals surface area contributed by atoms with Gasteiger partial charge in [-0.05, 0) is 185 Å². The molecule has 3 aromatic rings. The van der Waals surface area contributed by atoms with E-state index in [9.17, 15) is 75.8 Å². The number of fused-ring (bicyclic) bond motifs is 4. The monoisotopic (exact) mass is 2150 g/mol. The maximum absolute atomic E-state index is 16.4. The topological polar surface area (TPSA) is 337 Å². The quantitative estimate of drug-likeness (QED) is 0.0123. The largest absolute Gasteiger partial charge is 1.00 e. The number of halogens is 27. The minimum Gasteiger partial charge on any atom is -1.00 e. The fourth-order valence-corrected chi connectivity index (χ4v) is 17.6. The van der Waals surface area contributed by atoms with Gasteiger partial charge >= 0.3 is 71.6 Å². The number of carbonyl (C=O) groups excluding carboxylic acids is 7. The lowest BCUT2D eigenvalue weighted by Crippen LogP contribution is -3.00. The van der Waals surface area contributed by atoms with E-state index >= 15 is 71.9 Å². The number of hydrogen-bond acceptors (Lipinski definition) is 15. The van der Waals surface area contributed by atoms with Crippen molar-refractivity contribution in [3.63, 3.8) is 0 Å². The van der Waals surface area contributed by atoms with Crippen molar-refractivity contribution in [2.45, 2.75) is 291 Å². The lowest BCUT2D eigenvalue weighted by molar-refractivity contribution is -0.440. The predicted molar refractivity (Wildman–Crippen MR) is 493 cm³/mol. The van der Waals surface area contributed by atoms with Gasteiger partial charge in [0.05, 0.1) is 50.7 Å². The first-order valence-electron chi connectivity index (χ1n) is 48.3. The highest BCUT2D eigenvalue weighted by molar-refractivity contribution is 6.04. The second kappa shape index (κ2) is 53.1. The fourth-order valence-electron chi connectivity index (χ4n) is 17.6. The van der Waals surface area contributed by atoms with Crippen LogP contribution in [-0.4, -0.2) is 284 Å². The number of primary amides is 1. The third-order valence-corrected chi connectivity index (χ3v) is 26.0. The summed E-state index contributed by atoms with van der Waals surface area (Å²) in [6, 6.07) is 9.52. The van der Waals surface area contributed by atoms with E-state index in [0.717, 1.165) is 51.1 Å². The number of unbranched alkanes of at least 4 members (excludes halogenated alkanes) is 18. The summed E-state index contributed by atoms with van der Waals surface area (Å²) in [6.07, 6.45) is -6.61. The maximum atomic E-state index is 16.4. The van der Waals surface area contributed by atoms with Crippen molar-refractivity contribution < 1.29 is 165 Å². The third-order valence-electron chi connectivity index (χ3n) is 26.0. The van der Waals surface area contributed by atoms with Crippen molar-refractivity contribution in [3.05, 3.63) is 99.1 Å². The summed E-state index contributed by atoms with van der Waals surface area (Å²) in [7, 11) is 0. The fraction of sp³-hybridized carbons (Fsp3) is 0.688. The van der Waals surface area contributed by atoms with E-state index in [1.165, 1.54) is 86.9 Å². The Bertz CT molecular complexity index is 5070. The maximum Gasteiger partial charge on any atom is 0.460 e. The molecule has 0 spiro atoms. The lowest BCUT2D eigenvalue weighted by atomic mass is 9.83. The third kappa shape index (κ3) is 30.0. The Kier molecular flexibility index (Phi) is 46.3. The van der Waals surface area contributed by atoms with Gasteiger partial charge in [0.1, 0.15) is 24.6 Å². The second-order valence-electron chi connectivity index (χ2n) is 38.0. The van der Waals surface area contributed by atoms with Gasteiger partial charge in [-0.15, -0.1) is 0 Å². The summed E-state index contributed by atoms with van der Waals surface area (Å²) in [4.78, 5) is 113. The van der Waals surface area contributed by atoms with Gasteiger partial charge in [0.25, 0.3) is 5.91 Å². The molecule has 50 heteroatoms. The molecule has 0 saturated heterocycles. The molecular formula is C96H134ClF26N15O8. The first kappa shape index (κ1) is 127. The Labute approximate surface area is 836 Å². The zero-order valence-electron chi connectivity index (χ0n) is 82.4. The molecule has 14 N–H and O–H groups in total. The molecule has 0 aliphatic carbocycles. The Balaban J connectivity index is 0.0000375. The molecule has 0 unspecified atom stereocenters. The molecule has 3 aliphatic rings. The molecule has 3 aromatic carbocycles. The molecule has 0 bridgehead atoms. The number of nitrogens with two attached hydrogens (primary N) is 7. The Hall–Kier alpha value is -9.07. The standard InChI is InChI=1S/C96H133F26N15O8.ClH/c1-63-55-83(3,4)136(49-35-85(97,98)87(101,102)89(105,106)91(109,110)93(113,114)95(117,118)119)71-53-73-69(51-67(63)71)81(70-52-68-64(2)56-84(5,6)137(72(68)54-74(70)145-73)50-36-86(99,100)88(103,104)90(107,108)92(111,112)94(115,116)96(120,121)122)65-33-19-20-34-66(65)82(144)135(48-32-18-12-26-42-128)62-80(143)134(47-31-17-11-25-41-127)61-79(142)133(46-30-16-10-24-40-126)60-78(141)132(45-29-15-9-23-39-125)59-77(140)131(44-28-14-8-22-38-124)58-76(139)130(57-75(129)138)43-27-13-7-21-37-123;/h19-20,33-34,51-56H,7-18,21-32,35-50,57-62,123-128H2,1-6H3,(H-,129,138);1H. The zero-order chi connectivity index (χ0) is 109. The molecule has 6 rings (SSSR count). The minimum absolute atomic E-state index is 0.